The molecule has 0 aliphatic carbocycles. The molecule has 2 aromatic carbocycles. The Balaban J connectivity index is 1.94. The van der Waals surface area contributed by atoms with E-state index < -0.39 is 0 Å². The molecule has 0 N–H and O–H groups in total. The maximum absolute atomic E-state index is 5.88. The molecule has 3 rings (SSSR count). The summed E-state index contributed by atoms with van der Waals surface area (Å²) in [7, 11) is 0. The number of hydrogen-bond donors (Lipinski definition) is 0. The molecular weight excluding hydrogens is 224 g/mol. The molecule has 0 aromatic heterocycles. The smallest absolute Gasteiger partial charge is 0.169 e. The van der Waals surface area contributed by atoms with E-state index in [1.165, 1.54) is 0 Å². The summed E-state index contributed by atoms with van der Waals surface area (Å²) in [4.78, 5) is 0. The third kappa shape index (κ3) is 2.09. The van der Waals surface area contributed by atoms with E-state index in [9.17, 15) is 0 Å². The van der Waals surface area contributed by atoms with Crippen molar-refractivity contribution in [1.82, 2.24) is 0 Å². The van der Waals surface area contributed by atoms with Gasteiger partial charge in [0.05, 0.1) is 0 Å². The summed E-state index contributed by atoms with van der Waals surface area (Å²) in [6.07, 6.45) is 1.95. The van der Waals surface area contributed by atoms with Crippen molar-refractivity contribution in [1.29, 1.82) is 0 Å². The van der Waals surface area contributed by atoms with Crippen LogP contribution in [0.25, 0.3) is 6.08 Å². The summed E-state index contributed by atoms with van der Waals surface area (Å²) in [5.41, 5.74) is 1.11. The fourth-order valence-electron chi connectivity index (χ4n) is 1.95. The van der Waals surface area contributed by atoms with Crippen molar-refractivity contribution in [2.24, 2.45) is 0 Å². The fraction of sp³-hybridized carbons (Fsp3) is 0.125. The van der Waals surface area contributed by atoms with Crippen LogP contribution in [0.3, 0.4) is 0 Å². The van der Waals surface area contributed by atoms with Crippen molar-refractivity contribution in [2.45, 2.75) is 13.0 Å². The van der Waals surface area contributed by atoms with Crippen molar-refractivity contribution in [2.75, 3.05) is 0 Å². The average molecular weight is 238 g/mol. The Labute approximate surface area is 106 Å². The van der Waals surface area contributed by atoms with E-state index in [2.05, 4.69) is 0 Å². The zero-order chi connectivity index (χ0) is 12.4. The Morgan fingerprint density at radius 1 is 0.889 bits per heavy atom. The van der Waals surface area contributed by atoms with Crippen LogP contribution in [0.15, 0.2) is 60.4 Å². The van der Waals surface area contributed by atoms with Crippen molar-refractivity contribution in [3.63, 3.8) is 0 Å². The van der Waals surface area contributed by atoms with Gasteiger partial charge in [0, 0.05) is 0 Å². The van der Waals surface area contributed by atoms with Gasteiger partial charge in [0.1, 0.15) is 5.76 Å². The molecule has 0 bridgehead atoms. The lowest BCUT2D eigenvalue weighted by atomic mass is 10.1. The first-order valence-corrected chi connectivity index (χ1v) is 6.03. The Hall–Kier alpha value is -2.22. The zero-order valence-electron chi connectivity index (χ0n) is 10.2. The molecule has 0 saturated heterocycles. The van der Waals surface area contributed by atoms with Crippen molar-refractivity contribution >= 4 is 6.08 Å². The highest BCUT2D eigenvalue weighted by Gasteiger charge is 2.22. The Morgan fingerprint density at radius 3 is 2.33 bits per heavy atom. The normalized spacial score (nSPS) is 19.8. The van der Waals surface area contributed by atoms with E-state index in [1.54, 1.807) is 0 Å². The second-order valence-electron chi connectivity index (χ2n) is 4.27. The molecule has 2 aromatic rings. The number of rotatable bonds is 1. The Morgan fingerprint density at radius 2 is 1.56 bits per heavy atom. The van der Waals surface area contributed by atoms with Gasteiger partial charge in [-0.05, 0) is 30.7 Å². The molecule has 2 heteroatoms. The molecule has 1 heterocycles. The van der Waals surface area contributed by atoms with Gasteiger partial charge >= 0.3 is 0 Å². The van der Waals surface area contributed by atoms with E-state index in [1.807, 2.05) is 67.6 Å². The molecule has 0 amide bonds. The quantitative estimate of drug-likeness (QED) is 0.750. The van der Waals surface area contributed by atoms with Crippen molar-refractivity contribution in [3.05, 3.63) is 65.9 Å². The minimum Gasteiger partial charge on any atom is -0.479 e. The number of fused-ring (bicyclic) bond motifs is 1. The van der Waals surface area contributed by atoms with Crippen LogP contribution >= 0.6 is 0 Å². The first-order chi connectivity index (χ1) is 8.83. The highest BCUT2D eigenvalue weighted by molar-refractivity contribution is 5.55. The monoisotopic (exact) mass is 238 g/mol. The molecule has 0 spiro atoms. The van der Waals surface area contributed by atoms with Gasteiger partial charge in [-0.25, -0.2) is 0 Å². The lowest BCUT2D eigenvalue weighted by Gasteiger charge is -2.26. The molecule has 0 radical (unpaired) electrons. The lowest BCUT2D eigenvalue weighted by molar-refractivity contribution is 0.163. The fourth-order valence-corrected chi connectivity index (χ4v) is 1.95. The predicted molar refractivity (Wildman–Crippen MR) is 71.6 cm³/mol. The first kappa shape index (κ1) is 10.9. The Bertz CT molecular complexity index is 573. The average Bonchev–Trinajstić information content (AvgIpc) is 2.41. The van der Waals surface area contributed by atoms with Crippen LogP contribution in [0.4, 0.5) is 0 Å². The largest absolute Gasteiger partial charge is 0.479 e. The van der Waals surface area contributed by atoms with E-state index in [-0.39, 0.29) is 6.10 Å². The second kappa shape index (κ2) is 4.57. The van der Waals surface area contributed by atoms with Crippen molar-refractivity contribution < 1.29 is 9.47 Å². The molecule has 2 nitrogen and oxygen atoms in total. The highest BCUT2D eigenvalue weighted by atomic mass is 16.6. The van der Waals surface area contributed by atoms with Gasteiger partial charge in [0.25, 0.3) is 0 Å². The summed E-state index contributed by atoms with van der Waals surface area (Å²) in [6.45, 7) is 1.99. The third-order valence-electron chi connectivity index (χ3n) is 2.89. The SMILES string of the molecule is CC1Oc2ccccc2O/C1=C/c1ccccc1. The van der Waals surface area contributed by atoms with Crippen LogP contribution in [-0.2, 0) is 0 Å². The molecule has 0 fully saturated rings. The molecule has 1 unspecified atom stereocenters. The van der Waals surface area contributed by atoms with Gasteiger partial charge in [-0.2, -0.15) is 0 Å². The number of para-hydroxylation sites is 2. The molecule has 18 heavy (non-hydrogen) atoms. The summed E-state index contributed by atoms with van der Waals surface area (Å²) in [6, 6.07) is 17.8. The first-order valence-electron chi connectivity index (χ1n) is 6.03. The predicted octanol–water partition coefficient (Wildman–Crippen LogP) is 3.89. The number of benzene rings is 2. The van der Waals surface area contributed by atoms with Crippen LogP contribution in [0, 0.1) is 0 Å². The molecule has 90 valence electrons. The van der Waals surface area contributed by atoms with Crippen LogP contribution in [0.5, 0.6) is 11.5 Å². The topological polar surface area (TPSA) is 18.5 Å². The molecular formula is C16H14O2. The van der Waals surface area contributed by atoms with E-state index in [0.717, 1.165) is 22.8 Å². The standard InChI is InChI=1S/C16H14O2/c1-12-16(11-13-7-3-2-4-8-13)18-15-10-6-5-9-14(15)17-12/h2-12H,1H3/b16-11+. The van der Waals surface area contributed by atoms with Gasteiger partial charge in [0.2, 0.25) is 0 Å². The van der Waals surface area contributed by atoms with Crippen LogP contribution in [0.2, 0.25) is 0 Å². The third-order valence-corrected chi connectivity index (χ3v) is 2.89. The van der Waals surface area contributed by atoms with Gasteiger partial charge < -0.3 is 9.47 Å². The number of hydrogen-bond acceptors (Lipinski definition) is 2. The van der Waals surface area contributed by atoms with E-state index >= 15 is 0 Å². The second-order valence-corrected chi connectivity index (χ2v) is 4.27. The van der Waals surface area contributed by atoms with Gasteiger partial charge in [-0.15, -0.1) is 0 Å². The van der Waals surface area contributed by atoms with E-state index in [0.29, 0.717) is 0 Å². The molecule has 1 aliphatic rings. The minimum atomic E-state index is -0.0693. The van der Waals surface area contributed by atoms with E-state index in [4.69, 9.17) is 9.47 Å². The van der Waals surface area contributed by atoms with Gasteiger partial charge in [-0.1, -0.05) is 42.5 Å². The van der Waals surface area contributed by atoms with Gasteiger partial charge in [-0.3, -0.25) is 0 Å². The summed E-state index contributed by atoms with van der Waals surface area (Å²) < 4.78 is 11.7. The van der Waals surface area contributed by atoms with Crippen molar-refractivity contribution in [3.8, 4) is 11.5 Å². The lowest BCUT2D eigenvalue weighted by Crippen LogP contribution is -2.23. The summed E-state index contributed by atoms with van der Waals surface area (Å²) >= 11 is 0. The van der Waals surface area contributed by atoms with Crippen LogP contribution in [0.1, 0.15) is 12.5 Å². The van der Waals surface area contributed by atoms with Gasteiger partial charge in [0.15, 0.2) is 17.6 Å². The highest BCUT2D eigenvalue weighted by Crippen LogP contribution is 2.35. The molecule has 0 saturated carbocycles. The minimum absolute atomic E-state index is 0.0693. The number of ether oxygens (including phenoxy) is 2. The van der Waals surface area contributed by atoms with Crippen LogP contribution in [-0.4, -0.2) is 6.10 Å². The summed E-state index contributed by atoms with van der Waals surface area (Å²) in [5, 5.41) is 0. The Kier molecular flexibility index (Phi) is 2.77. The molecule has 1 atom stereocenters. The maximum Gasteiger partial charge on any atom is 0.169 e. The zero-order valence-corrected chi connectivity index (χ0v) is 10.2. The molecule has 1 aliphatic heterocycles. The summed E-state index contributed by atoms with van der Waals surface area (Å²) in [5.74, 6) is 2.41. The maximum atomic E-state index is 5.88. The van der Waals surface area contributed by atoms with Crippen LogP contribution < -0.4 is 9.47 Å².